The van der Waals surface area contributed by atoms with E-state index in [-0.39, 0.29) is 17.5 Å². The lowest BCUT2D eigenvalue weighted by Gasteiger charge is -2.25. The van der Waals surface area contributed by atoms with Crippen LogP contribution in [-0.4, -0.2) is 12.3 Å². The van der Waals surface area contributed by atoms with Crippen LogP contribution in [-0.2, 0) is 11.2 Å². The number of fused-ring (bicyclic) bond motifs is 1. The molecule has 1 unspecified atom stereocenters. The van der Waals surface area contributed by atoms with Crippen molar-refractivity contribution in [2.24, 2.45) is 0 Å². The zero-order valence-electron chi connectivity index (χ0n) is 12.0. The summed E-state index contributed by atoms with van der Waals surface area (Å²) in [6, 6.07) is 12.6. The van der Waals surface area contributed by atoms with Crippen molar-refractivity contribution in [3.05, 3.63) is 65.0 Å². The average molecular weight is 283 g/mol. The summed E-state index contributed by atoms with van der Waals surface area (Å²) in [5.41, 5.74) is 3.88. The lowest BCUT2D eigenvalue weighted by atomic mass is 9.85. The van der Waals surface area contributed by atoms with Gasteiger partial charge in [0.25, 0.3) is 0 Å². The molecule has 21 heavy (non-hydrogen) atoms. The topological polar surface area (TPSA) is 29.1 Å². The standard InChI is InChI=1S/C18H18FNO/c1-12-10-14(19)7-6-13(12)11-18(21)16-8-9-20-17-5-3-2-4-15(16)17/h2-7,10,16,20H,8-9,11H2,1H3. The minimum Gasteiger partial charge on any atom is -0.385 e. The van der Waals surface area contributed by atoms with Crippen molar-refractivity contribution >= 4 is 11.5 Å². The van der Waals surface area contributed by atoms with E-state index in [4.69, 9.17) is 0 Å². The molecule has 1 heterocycles. The van der Waals surface area contributed by atoms with Crippen LogP contribution < -0.4 is 5.32 Å². The van der Waals surface area contributed by atoms with Crippen molar-refractivity contribution in [1.82, 2.24) is 0 Å². The fourth-order valence-electron chi connectivity index (χ4n) is 2.97. The maximum absolute atomic E-state index is 13.1. The molecule has 1 N–H and O–H groups in total. The van der Waals surface area contributed by atoms with Gasteiger partial charge in [0.05, 0.1) is 0 Å². The highest BCUT2D eigenvalue weighted by atomic mass is 19.1. The Kier molecular flexibility index (Phi) is 3.74. The van der Waals surface area contributed by atoms with E-state index in [2.05, 4.69) is 5.32 Å². The SMILES string of the molecule is Cc1cc(F)ccc1CC(=O)C1CCNc2ccccc21. The number of hydrogen-bond donors (Lipinski definition) is 1. The second kappa shape index (κ2) is 5.68. The monoisotopic (exact) mass is 283 g/mol. The number of aryl methyl sites for hydroxylation is 1. The van der Waals surface area contributed by atoms with Gasteiger partial charge < -0.3 is 5.32 Å². The summed E-state index contributed by atoms with van der Waals surface area (Å²) in [5, 5.41) is 3.33. The van der Waals surface area contributed by atoms with Crippen molar-refractivity contribution < 1.29 is 9.18 Å². The van der Waals surface area contributed by atoms with E-state index < -0.39 is 0 Å². The van der Waals surface area contributed by atoms with Crippen LogP contribution in [0.15, 0.2) is 42.5 Å². The third-order valence-corrected chi connectivity index (χ3v) is 4.14. The summed E-state index contributed by atoms with van der Waals surface area (Å²) >= 11 is 0. The van der Waals surface area contributed by atoms with Gasteiger partial charge in [0, 0.05) is 24.6 Å². The molecule has 0 fully saturated rings. The number of para-hydroxylation sites is 1. The Morgan fingerprint density at radius 3 is 2.90 bits per heavy atom. The Bertz CT molecular complexity index is 681. The van der Waals surface area contributed by atoms with Crippen LogP contribution >= 0.6 is 0 Å². The van der Waals surface area contributed by atoms with Gasteiger partial charge in [-0.05, 0) is 48.2 Å². The molecule has 3 heteroatoms. The molecule has 0 saturated carbocycles. The van der Waals surface area contributed by atoms with E-state index in [1.165, 1.54) is 12.1 Å². The van der Waals surface area contributed by atoms with Crippen molar-refractivity contribution in [2.45, 2.75) is 25.7 Å². The van der Waals surface area contributed by atoms with Crippen molar-refractivity contribution in [3.8, 4) is 0 Å². The molecule has 0 aromatic heterocycles. The molecule has 3 rings (SSSR count). The molecule has 1 aliphatic heterocycles. The van der Waals surface area contributed by atoms with Gasteiger partial charge in [-0.3, -0.25) is 4.79 Å². The van der Waals surface area contributed by atoms with E-state index in [0.717, 1.165) is 35.3 Å². The molecule has 0 saturated heterocycles. The highest BCUT2D eigenvalue weighted by molar-refractivity contribution is 5.90. The number of hydrogen-bond acceptors (Lipinski definition) is 2. The van der Waals surface area contributed by atoms with Crippen LogP contribution in [0.3, 0.4) is 0 Å². The molecular weight excluding hydrogens is 265 g/mol. The zero-order chi connectivity index (χ0) is 14.8. The molecule has 2 aromatic carbocycles. The Morgan fingerprint density at radius 2 is 2.10 bits per heavy atom. The third-order valence-electron chi connectivity index (χ3n) is 4.14. The van der Waals surface area contributed by atoms with Crippen LogP contribution in [0, 0.1) is 12.7 Å². The second-order valence-corrected chi connectivity index (χ2v) is 5.57. The van der Waals surface area contributed by atoms with Crippen LogP contribution in [0.2, 0.25) is 0 Å². The van der Waals surface area contributed by atoms with Crippen LogP contribution in [0.5, 0.6) is 0 Å². The minimum absolute atomic E-state index is 0.0631. The summed E-state index contributed by atoms with van der Waals surface area (Å²) in [5.74, 6) is -0.110. The Labute approximate surface area is 124 Å². The van der Waals surface area contributed by atoms with Crippen LogP contribution in [0.4, 0.5) is 10.1 Å². The first-order valence-corrected chi connectivity index (χ1v) is 7.25. The van der Waals surface area contributed by atoms with Gasteiger partial charge in [-0.15, -0.1) is 0 Å². The van der Waals surface area contributed by atoms with Gasteiger partial charge in [-0.1, -0.05) is 24.3 Å². The van der Waals surface area contributed by atoms with Gasteiger partial charge in [0.2, 0.25) is 0 Å². The molecule has 0 radical (unpaired) electrons. The van der Waals surface area contributed by atoms with E-state index in [9.17, 15) is 9.18 Å². The highest BCUT2D eigenvalue weighted by Crippen LogP contribution is 2.32. The molecule has 0 amide bonds. The molecule has 108 valence electrons. The number of rotatable bonds is 3. The summed E-state index contributed by atoms with van der Waals surface area (Å²) in [4.78, 5) is 12.6. The number of carbonyl (C=O) groups excluding carboxylic acids is 1. The number of anilines is 1. The number of nitrogens with one attached hydrogen (secondary N) is 1. The van der Waals surface area contributed by atoms with Gasteiger partial charge >= 0.3 is 0 Å². The molecule has 0 bridgehead atoms. The maximum Gasteiger partial charge on any atom is 0.144 e. The van der Waals surface area contributed by atoms with Gasteiger partial charge in [-0.25, -0.2) is 4.39 Å². The minimum atomic E-state index is -0.254. The molecule has 0 aliphatic carbocycles. The quantitative estimate of drug-likeness (QED) is 0.927. The van der Waals surface area contributed by atoms with Crippen molar-refractivity contribution in [3.63, 3.8) is 0 Å². The predicted octanol–water partition coefficient (Wildman–Crippen LogP) is 3.85. The average Bonchev–Trinajstić information content (AvgIpc) is 2.49. The summed E-state index contributed by atoms with van der Waals surface area (Å²) in [7, 11) is 0. The normalized spacial score (nSPS) is 17.0. The Morgan fingerprint density at radius 1 is 1.29 bits per heavy atom. The van der Waals surface area contributed by atoms with Gasteiger partial charge in [-0.2, -0.15) is 0 Å². The summed E-state index contributed by atoms with van der Waals surface area (Å²) < 4.78 is 13.1. The molecule has 0 spiro atoms. The highest BCUT2D eigenvalue weighted by Gasteiger charge is 2.26. The van der Waals surface area contributed by atoms with Crippen LogP contribution in [0.25, 0.3) is 0 Å². The van der Waals surface area contributed by atoms with E-state index in [1.807, 2.05) is 31.2 Å². The number of ketones is 1. The first-order chi connectivity index (χ1) is 10.1. The fourth-order valence-corrected chi connectivity index (χ4v) is 2.97. The van der Waals surface area contributed by atoms with Crippen LogP contribution in [0.1, 0.15) is 29.0 Å². The molecule has 2 nitrogen and oxygen atoms in total. The van der Waals surface area contributed by atoms with Crippen molar-refractivity contribution in [2.75, 3.05) is 11.9 Å². The van der Waals surface area contributed by atoms with Crippen molar-refractivity contribution in [1.29, 1.82) is 0 Å². The Balaban J connectivity index is 1.83. The largest absolute Gasteiger partial charge is 0.385 e. The molecule has 1 atom stereocenters. The molecule has 2 aromatic rings. The lowest BCUT2D eigenvalue weighted by Crippen LogP contribution is -2.24. The maximum atomic E-state index is 13.1. The summed E-state index contributed by atoms with van der Waals surface area (Å²) in [6.07, 6.45) is 1.18. The molecule has 1 aliphatic rings. The van der Waals surface area contributed by atoms with Gasteiger partial charge in [0.15, 0.2) is 0 Å². The smallest absolute Gasteiger partial charge is 0.144 e. The lowest BCUT2D eigenvalue weighted by molar-refractivity contribution is -0.120. The van der Waals surface area contributed by atoms with E-state index in [0.29, 0.717) is 6.42 Å². The predicted molar refractivity (Wildman–Crippen MR) is 82.1 cm³/mol. The first-order valence-electron chi connectivity index (χ1n) is 7.25. The second-order valence-electron chi connectivity index (χ2n) is 5.57. The fraction of sp³-hybridized carbons (Fsp3) is 0.278. The summed E-state index contributed by atoms with van der Waals surface area (Å²) in [6.45, 7) is 2.66. The van der Waals surface area contributed by atoms with E-state index in [1.54, 1.807) is 6.07 Å². The van der Waals surface area contributed by atoms with E-state index >= 15 is 0 Å². The third kappa shape index (κ3) is 2.82. The number of Topliss-reactive ketones (excluding diaryl/α,β-unsaturated/α-hetero) is 1. The Hall–Kier alpha value is -2.16. The van der Waals surface area contributed by atoms with Gasteiger partial charge in [0.1, 0.15) is 11.6 Å². The number of benzene rings is 2. The molecular formula is C18H18FNO. The number of halogens is 1. The first kappa shape index (κ1) is 13.8. The number of carbonyl (C=O) groups is 1. The zero-order valence-corrected chi connectivity index (χ0v) is 12.0.